The van der Waals surface area contributed by atoms with Gasteiger partial charge in [-0.25, -0.2) is 4.39 Å². The molecule has 0 atom stereocenters. The zero-order valence-corrected chi connectivity index (χ0v) is 8.53. The van der Waals surface area contributed by atoms with Gasteiger partial charge in [0, 0.05) is 6.42 Å². The Labute approximate surface area is 87.8 Å². The molecule has 2 rings (SSSR count). The van der Waals surface area contributed by atoms with E-state index in [0.29, 0.717) is 19.6 Å². The summed E-state index contributed by atoms with van der Waals surface area (Å²) in [6.45, 7) is 1.23. The molecule has 0 aliphatic carbocycles. The molecule has 0 aromatic heterocycles. The third-order valence-electron chi connectivity index (χ3n) is 2.31. The monoisotopic (exact) mass is 212 g/mol. The first-order valence-electron chi connectivity index (χ1n) is 4.85. The van der Waals surface area contributed by atoms with Gasteiger partial charge in [0.15, 0.2) is 17.9 Å². The second kappa shape index (κ2) is 4.59. The lowest BCUT2D eigenvalue weighted by Gasteiger charge is -2.09. The number of halogens is 1. The molecule has 4 heteroatoms. The molecule has 1 heterocycles. The zero-order chi connectivity index (χ0) is 10.7. The minimum atomic E-state index is -0.354. The summed E-state index contributed by atoms with van der Waals surface area (Å²) in [6.07, 6.45) is 0.332. The molecule has 0 radical (unpaired) electrons. The first kappa shape index (κ1) is 10.4. The van der Waals surface area contributed by atoms with Crippen molar-refractivity contribution in [2.24, 2.45) is 0 Å². The zero-order valence-electron chi connectivity index (χ0n) is 8.53. The van der Waals surface area contributed by atoms with E-state index in [9.17, 15) is 4.39 Å². The fourth-order valence-corrected chi connectivity index (χ4v) is 1.55. The molecule has 0 bridgehead atoms. The molecule has 1 saturated heterocycles. The first-order chi connectivity index (χ1) is 7.29. The Morgan fingerprint density at radius 2 is 2.13 bits per heavy atom. The lowest BCUT2D eigenvalue weighted by molar-refractivity contribution is -0.0400. The summed E-state index contributed by atoms with van der Waals surface area (Å²) in [4.78, 5) is 0. The fraction of sp³-hybridized carbons (Fsp3) is 0.455. The molecule has 1 aromatic carbocycles. The standard InChI is InChI=1S/C11H13FO3/c1-13-10-3-2-8(6-9(10)12)7-11-14-4-5-15-11/h2-3,6,11H,4-5,7H2,1H3. The summed E-state index contributed by atoms with van der Waals surface area (Å²) in [7, 11) is 1.45. The fourth-order valence-electron chi connectivity index (χ4n) is 1.55. The topological polar surface area (TPSA) is 27.7 Å². The largest absolute Gasteiger partial charge is 0.494 e. The lowest BCUT2D eigenvalue weighted by Crippen LogP contribution is -2.11. The SMILES string of the molecule is COc1ccc(CC2OCCO2)cc1F. The van der Waals surface area contributed by atoms with Gasteiger partial charge >= 0.3 is 0 Å². The molecule has 1 aliphatic heterocycles. The molecule has 1 fully saturated rings. The second-order valence-corrected chi connectivity index (χ2v) is 3.34. The van der Waals surface area contributed by atoms with Crippen molar-refractivity contribution >= 4 is 0 Å². The van der Waals surface area contributed by atoms with Crippen LogP contribution in [0.2, 0.25) is 0 Å². The summed E-state index contributed by atoms with van der Waals surface area (Å²) in [5.74, 6) is -0.0972. The van der Waals surface area contributed by atoms with Crippen LogP contribution >= 0.6 is 0 Å². The van der Waals surface area contributed by atoms with Crippen molar-refractivity contribution in [2.75, 3.05) is 20.3 Å². The van der Waals surface area contributed by atoms with Gasteiger partial charge in [-0.3, -0.25) is 0 Å². The van der Waals surface area contributed by atoms with E-state index in [2.05, 4.69) is 0 Å². The van der Waals surface area contributed by atoms with E-state index in [4.69, 9.17) is 14.2 Å². The van der Waals surface area contributed by atoms with Crippen LogP contribution in [0.15, 0.2) is 18.2 Å². The number of hydrogen-bond acceptors (Lipinski definition) is 3. The molecular weight excluding hydrogens is 199 g/mol. The first-order valence-corrected chi connectivity index (χ1v) is 4.85. The molecule has 1 aliphatic rings. The van der Waals surface area contributed by atoms with Gasteiger partial charge in [-0.05, 0) is 17.7 Å². The van der Waals surface area contributed by atoms with Crippen LogP contribution < -0.4 is 4.74 Å². The van der Waals surface area contributed by atoms with Crippen molar-refractivity contribution in [3.63, 3.8) is 0 Å². The highest BCUT2D eigenvalue weighted by Gasteiger charge is 2.16. The number of ether oxygens (including phenoxy) is 3. The Hall–Kier alpha value is -1.13. The van der Waals surface area contributed by atoms with E-state index in [1.165, 1.54) is 13.2 Å². The Morgan fingerprint density at radius 1 is 1.40 bits per heavy atom. The van der Waals surface area contributed by atoms with Gasteiger partial charge in [-0.15, -0.1) is 0 Å². The minimum Gasteiger partial charge on any atom is -0.494 e. The molecule has 0 N–H and O–H groups in total. The van der Waals surface area contributed by atoms with Crippen LogP contribution in [0.5, 0.6) is 5.75 Å². The van der Waals surface area contributed by atoms with Gasteiger partial charge in [0.05, 0.1) is 20.3 Å². The molecule has 1 aromatic rings. The van der Waals surface area contributed by atoms with Crippen LogP contribution in [0.1, 0.15) is 5.56 Å². The van der Waals surface area contributed by atoms with E-state index in [0.717, 1.165) is 5.56 Å². The van der Waals surface area contributed by atoms with E-state index in [1.807, 2.05) is 6.07 Å². The Morgan fingerprint density at radius 3 is 2.73 bits per heavy atom. The molecule has 15 heavy (non-hydrogen) atoms. The summed E-state index contributed by atoms with van der Waals surface area (Å²) < 4.78 is 28.7. The number of rotatable bonds is 3. The maximum absolute atomic E-state index is 13.3. The van der Waals surface area contributed by atoms with Crippen LogP contribution in [0.3, 0.4) is 0 Å². The summed E-state index contributed by atoms with van der Waals surface area (Å²) in [5, 5.41) is 0. The highest BCUT2D eigenvalue weighted by atomic mass is 19.1. The lowest BCUT2D eigenvalue weighted by atomic mass is 10.1. The second-order valence-electron chi connectivity index (χ2n) is 3.34. The molecule has 0 unspecified atom stereocenters. The summed E-state index contributed by atoms with van der Waals surface area (Å²) in [6, 6.07) is 4.87. The van der Waals surface area contributed by atoms with Gasteiger partial charge in [-0.1, -0.05) is 6.07 Å². The van der Waals surface area contributed by atoms with E-state index < -0.39 is 0 Å². The molecule has 0 spiro atoms. The third kappa shape index (κ3) is 2.46. The van der Waals surface area contributed by atoms with Gasteiger partial charge < -0.3 is 14.2 Å². The Bertz CT molecular complexity index is 335. The van der Waals surface area contributed by atoms with Gasteiger partial charge in [0.25, 0.3) is 0 Å². The van der Waals surface area contributed by atoms with E-state index in [-0.39, 0.29) is 17.9 Å². The van der Waals surface area contributed by atoms with Gasteiger partial charge in [-0.2, -0.15) is 0 Å². The van der Waals surface area contributed by atoms with Crippen LogP contribution in [-0.2, 0) is 15.9 Å². The highest BCUT2D eigenvalue weighted by molar-refractivity contribution is 5.29. The number of benzene rings is 1. The van der Waals surface area contributed by atoms with E-state index in [1.54, 1.807) is 6.07 Å². The maximum atomic E-state index is 13.3. The molecule has 3 nitrogen and oxygen atoms in total. The Kier molecular flexibility index (Phi) is 3.18. The van der Waals surface area contributed by atoms with E-state index >= 15 is 0 Å². The predicted molar refractivity (Wildman–Crippen MR) is 52.3 cm³/mol. The van der Waals surface area contributed by atoms with Crippen LogP contribution in [0, 0.1) is 5.82 Å². The van der Waals surface area contributed by atoms with Crippen molar-refractivity contribution in [2.45, 2.75) is 12.7 Å². The maximum Gasteiger partial charge on any atom is 0.165 e. The van der Waals surface area contributed by atoms with Crippen molar-refractivity contribution in [3.8, 4) is 5.75 Å². The van der Waals surface area contributed by atoms with Gasteiger partial charge in [0.1, 0.15) is 0 Å². The van der Waals surface area contributed by atoms with Crippen LogP contribution in [0.4, 0.5) is 4.39 Å². The summed E-state index contributed by atoms with van der Waals surface area (Å²) >= 11 is 0. The molecule has 82 valence electrons. The normalized spacial score (nSPS) is 16.9. The van der Waals surface area contributed by atoms with Crippen molar-refractivity contribution < 1.29 is 18.6 Å². The highest BCUT2D eigenvalue weighted by Crippen LogP contribution is 2.20. The minimum absolute atomic E-state index is 0.238. The smallest absolute Gasteiger partial charge is 0.165 e. The average Bonchev–Trinajstić information content (AvgIpc) is 2.71. The van der Waals surface area contributed by atoms with Crippen LogP contribution in [0.25, 0.3) is 0 Å². The van der Waals surface area contributed by atoms with Gasteiger partial charge in [0.2, 0.25) is 0 Å². The number of hydrogen-bond donors (Lipinski definition) is 0. The van der Waals surface area contributed by atoms with Crippen LogP contribution in [-0.4, -0.2) is 26.6 Å². The molecule has 0 saturated carbocycles. The predicted octanol–water partition coefficient (Wildman–Crippen LogP) is 1.75. The number of methoxy groups -OCH3 is 1. The summed E-state index contributed by atoms with van der Waals surface area (Å²) in [5.41, 5.74) is 0.847. The van der Waals surface area contributed by atoms with Crippen molar-refractivity contribution in [1.29, 1.82) is 0 Å². The molecule has 0 amide bonds. The Balaban J connectivity index is 2.05. The quantitative estimate of drug-likeness (QED) is 0.764. The third-order valence-corrected chi connectivity index (χ3v) is 2.31. The average molecular weight is 212 g/mol. The molecular formula is C11H13FO3. The van der Waals surface area contributed by atoms with Crippen molar-refractivity contribution in [1.82, 2.24) is 0 Å². The van der Waals surface area contributed by atoms with Crippen molar-refractivity contribution in [3.05, 3.63) is 29.6 Å².